The number of furan rings is 1. The molecule has 0 bridgehead atoms. The number of aromatic nitrogens is 3. The second-order valence-electron chi connectivity index (χ2n) is 6.54. The molecule has 6 nitrogen and oxygen atoms in total. The Hall–Kier alpha value is -3.54. The molecule has 4 aromatic rings. The van der Waals surface area contributed by atoms with Gasteiger partial charge in [-0.1, -0.05) is 36.4 Å². The first-order valence-corrected chi connectivity index (χ1v) is 9.19. The monoisotopic (exact) mass is 373 g/mol. The van der Waals surface area contributed by atoms with Gasteiger partial charge in [-0.05, 0) is 30.7 Å². The lowest BCUT2D eigenvalue weighted by molar-refractivity contribution is -0.118. The summed E-state index contributed by atoms with van der Waals surface area (Å²) >= 11 is 0. The normalized spacial score (nSPS) is 11.0. The lowest BCUT2D eigenvalue weighted by Crippen LogP contribution is -2.06. The Balaban J connectivity index is 1.38. The maximum atomic E-state index is 12.3. The minimum atomic E-state index is 0.0244. The molecule has 0 aliphatic carbocycles. The maximum Gasteiger partial charge on any atom is 0.162 e. The number of carbonyl (C=O) groups excluding carboxylic acids is 2. The van der Waals surface area contributed by atoms with Crippen LogP contribution < -0.4 is 0 Å². The number of hydrogen-bond donors (Lipinski definition) is 0. The zero-order valence-electron chi connectivity index (χ0n) is 15.2. The van der Waals surface area contributed by atoms with Crippen LogP contribution in [0, 0.1) is 0 Å². The molecule has 3 aromatic heterocycles. The number of carbonyl (C=O) groups is 2. The molecular weight excluding hydrogens is 354 g/mol. The minimum absolute atomic E-state index is 0.0244. The number of pyridine rings is 1. The Morgan fingerprint density at radius 1 is 0.929 bits per heavy atom. The number of rotatable bonds is 8. The number of hydrogen-bond acceptors (Lipinski definition) is 5. The van der Waals surface area contributed by atoms with Gasteiger partial charge in [0.2, 0.25) is 0 Å². The fourth-order valence-corrected chi connectivity index (χ4v) is 3.11. The molecule has 0 N–H and O–H groups in total. The van der Waals surface area contributed by atoms with Gasteiger partial charge < -0.3 is 4.42 Å². The van der Waals surface area contributed by atoms with Crippen LogP contribution in [0.3, 0.4) is 0 Å². The Labute approximate surface area is 161 Å². The average molecular weight is 373 g/mol. The van der Waals surface area contributed by atoms with Crippen LogP contribution in [0.25, 0.3) is 17.1 Å². The quantitative estimate of drug-likeness (QED) is 0.434. The third-order valence-corrected chi connectivity index (χ3v) is 4.49. The summed E-state index contributed by atoms with van der Waals surface area (Å²) in [5.41, 5.74) is 2.13. The van der Waals surface area contributed by atoms with E-state index in [0.717, 1.165) is 5.69 Å². The highest BCUT2D eigenvalue weighted by Gasteiger charge is 2.14. The molecule has 6 heteroatoms. The van der Waals surface area contributed by atoms with E-state index in [1.165, 1.54) is 0 Å². The smallest absolute Gasteiger partial charge is 0.162 e. The Morgan fingerprint density at radius 3 is 2.57 bits per heavy atom. The largest absolute Gasteiger partial charge is 0.463 e. The molecule has 0 saturated heterocycles. The van der Waals surface area contributed by atoms with E-state index in [-0.39, 0.29) is 18.0 Å². The van der Waals surface area contributed by atoms with Crippen molar-refractivity contribution < 1.29 is 14.0 Å². The van der Waals surface area contributed by atoms with E-state index < -0.39 is 0 Å². The van der Waals surface area contributed by atoms with E-state index >= 15 is 0 Å². The van der Waals surface area contributed by atoms with Crippen molar-refractivity contribution in [2.24, 2.45) is 0 Å². The minimum Gasteiger partial charge on any atom is -0.463 e. The van der Waals surface area contributed by atoms with Gasteiger partial charge in [0.05, 0.1) is 12.7 Å². The number of nitrogens with zero attached hydrogens (tertiary/aromatic N) is 3. The van der Waals surface area contributed by atoms with E-state index in [9.17, 15) is 9.59 Å². The number of benzene rings is 1. The molecule has 28 heavy (non-hydrogen) atoms. The van der Waals surface area contributed by atoms with Crippen molar-refractivity contribution in [2.75, 3.05) is 0 Å². The fourth-order valence-electron chi connectivity index (χ4n) is 3.11. The summed E-state index contributed by atoms with van der Waals surface area (Å²) in [5, 5.41) is 4.46. The van der Waals surface area contributed by atoms with Crippen LogP contribution in [0.4, 0.5) is 0 Å². The molecule has 140 valence electrons. The summed E-state index contributed by atoms with van der Waals surface area (Å²) in [5.74, 6) is 1.24. The van der Waals surface area contributed by atoms with E-state index in [2.05, 4.69) is 10.1 Å². The molecule has 0 atom stereocenters. The molecule has 4 rings (SSSR count). The van der Waals surface area contributed by atoms with Crippen LogP contribution in [0.15, 0.2) is 71.3 Å². The maximum absolute atomic E-state index is 12.3. The zero-order chi connectivity index (χ0) is 19.3. The standard InChI is InChI=1S/C22H19N3O3/c26-17(9-4-11-19(27)16-7-2-1-3-8-16)15-21-23-22-13-5-10-18(25(22)24-21)20-12-6-14-28-20/h1-3,5-8,10,12-14H,4,9,11,15H2. The highest BCUT2D eigenvalue weighted by Crippen LogP contribution is 2.20. The molecular formula is C22H19N3O3. The number of Topliss-reactive ketones (excluding diaryl/α,β-unsaturated/α-hetero) is 2. The van der Waals surface area contributed by atoms with Crippen molar-refractivity contribution in [3.8, 4) is 11.5 Å². The van der Waals surface area contributed by atoms with E-state index in [1.807, 2.05) is 48.5 Å². The number of ketones is 2. The second kappa shape index (κ2) is 8.00. The van der Waals surface area contributed by atoms with Gasteiger partial charge in [0.25, 0.3) is 0 Å². The van der Waals surface area contributed by atoms with Crippen molar-refractivity contribution >= 4 is 17.2 Å². The van der Waals surface area contributed by atoms with Gasteiger partial charge in [0.1, 0.15) is 11.5 Å². The van der Waals surface area contributed by atoms with Crippen LogP contribution in [0.5, 0.6) is 0 Å². The Bertz CT molecular complexity index is 1100. The van der Waals surface area contributed by atoms with Crippen molar-refractivity contribution in [3.63, 3.8) is 0 Å². The van der Waals surface area contributed by atoms with Crippen molar-refractivity contribution in [1.82, 2.24) is 14.6 Å². The highest BCUT2D eigenvalue weighted by atomic mass is 16.3. The molecule has 1 aromatic carbocycles. The van der Waals surface area contributed by atoms with Crippen molar-refractivity contribution in [3.05, 3.63) is 78.3 Å². The summed E-state index contributed by atoms with van der Waals surface area (Å²) in [7, 11) is 0. The van der Waals surface area contributed by atoms with Crippen LogP contribution in [-0.4, -0.2) is 26.2 Å². The van der Waals surface area contributed by atoms with Gasteiger partial charge in [-0.25, -0.2) is 9.50 Å². The first kappa shape index (κ1) is 17.9. The summed E-state index contributed by atoms with van der Waals surface area (Å²) in [6.07, 6.45) is 2.97. The van der Waals surface area contributed by atoms with Gasteiger partial charge in [-0.3, -0.25) is 9.59 Å². The average Bonchev–Trinajstić information content (AvgIpc) is 3.37. The number of fused-ring (bicyclic) bond motifs is 1. The van der Waals surface area contributed by atoms with E-state index in [0.29, 0.717) is 42.1 Å². The van der Waals surface area contributed by atoms with Crippen LogP contribution in [-0.2, 0) is 11.2 Å². The van der Waals surface area contributed by atoms with Crippen molar-refractivity contribution in [1.29, 1.82) is 0 Å². The first-order chi connectivity index (χ1) is 13.7. The Kier molecular flexibility index (Phi) is 5.10. The molecule has 3 heterocycles. The predicted molar refractivity (Wildman–Crippen MR) is 104 cm³/mol. The van der Waals surface area contributed by atoms with Crippen LogP contribution in [0.2, 0.25) is 0 Å². The topological polar surface area (TPSA) is 77.5 Å². The SMILES string of the molecule is O=C(CCCC(=O)c1ccccc1)Cc1nc2cccc(-c3ccco3)n2n1. The van der Waals surface area contributed by atoms with Gasteiger partial charge >= 0.3 is 0 Å². The van der Waals surface area contributed by atoms with E-state index in [1.54, 1.807) is 22.9 Å². The van der Waals surface area contributed by atoms with Crippen LogP contribution >= 0.6 is 0 Å². The highest BCUT2D eigenvalue weighted by molar-refractivity contribution is 5.96. The molecule has 0 aliphatic heterocycles. The molecule has 0 amide bonds. The molecule has 0 fully saturated rings. The second-order valence-corrected chi connectivity index (χ2v) is 6.54. The lowest BCUT2D eigenvalue weighted by Gasteiger charge is -2.01. The van der Waals surface area contributed by atoms with Gasteiger partial charge in [0.15, 0.2) is 23.0 Å². The molecule has 0 radical (unpaired) electrons. The first-order valence-electron chi connectivity index (χ1n) is 9.19. The van der Waals surface area contributed by atoms with Crippen LogP contribution in [0.1, 0.15) is 35.4 Å². The molecule has 0 unspecified atom stereocenters. The zero-order valence-corrected chi connectivity index (χ0v) is 15.2. The van der Waals surface area contributed by atoms with Gasteiger partial charge in [-0.15, -0.1) is 0 Å². The Morgan fingerprint density at radius 2 is 1.79 bits per heavy atom. The predicted octanol–water partition coefficient (Wildman–Crippen LogP) is 4.15. The fraction of sp³-hybridized carbons (Fsp3) is 0.182. The van der Waals surface area contributed by atoms with Gasteiger partial charge in [0, 0.05) is 18.4 Å². The lowest BCUT2D eigenvalue weighted by atomic mass is 10.0. The third-order valence-electron chi connectivity index (χ3n) is 4.49. The molecule has 0 spiro atoms. The molecule has 0 aliphatic rings. The summed E-state index contributed by atoms with van der Waals surface area (Å²) in [6.45, 7) is 0. The van der Waals surface area contributed by atoms with Crippen molar-refractivity contribution in [2.45, 2.75) is 25.7 Å². The molecule has 0 saturated carbocycles. The summed E-state index contributed by atoms with van der Waals surface area (Å²) < 4.78 is 7.12. The summed E-state index contributed by atoms with van der Waals surface area (Å²) in [4.78, 5) is 28.8. The van der Waals surface area contributed by atoms with Gasteiger partial charge in [-0.2, -0.15) is 5.10 Å². The summed E-state index contributed by atoms with van der Waals surface area (Å²) in [6, 6.07) is 18.4. The van der Waals surface area contributed by atoms with E-state index in [4.69, 9.17) is 4.42 Å². The third kappa shape index (κ3) is 3.91.